The molecule has 2 aromatic rings. The van der Waals surface area contributed by atoms with Gasteiger partial charge in [-0.3, -0.25) is 0 Å². The van der Waals surface area contributed by atoms with E-state index in [1.54, 1.807) is 0 Å². The van der Waals surface area contributed by atoms with Crippen LogP contribution in [0.5, 0.6) is 0 Å². The Bertz CT molecular complexity index is 401. The van der Waals surface area contributed by atoms with Gasteiger partial charge in [-0.1, -0.05) is 24.4 Å². The Morgan fingerprint density at radius 2 is 2.00 bits per heavy atom. The summed E-state index contributed by atoms with van der Waals surface area (Å²) >= 11 is 11.7. The number of hydrogen-bond donors (Lipinski definition) is 4. The van der Waals surface area contributed by atoms with Gasteiger partial charge in [0.05, 0.1) is 11.0 Å². The summed E-state index contributed by atoms with van der Waals surface area (Å²) in [5, 5.41) is 0.668. The maximum absolute atomic E-state index is 4.71. The summed E-state index contributed by atoms with van der Waals surface area (Å²) in [5.74, 6) is 0. The Kier molecular flexibility index (Phi) is 4.24. The molecule has 0 bridgehead atoms. The number of para-hydroxylation sites is 2. The number of aromatic amines is 1. The van der Waals surface area contributed by atoms with Crippen LogP contribution < -0.4 is 5.73 Å². The summed E-state index contributed by atoms with van der Waals surface area (Å²) in [5.41, 5.74) is 6.71. The Morgan fingerprint density at radius 1 is 1.43 bits per heavy atom. The fourth-order valence-corrected chi connectivity index (χ4v) is 1.17. The first kappa shape index (κ1) is 11.4. The van der Waals surface area contributed by atoms with Gasteiger partial charge in [-0.15, -0.1) is 25.3 Å². The normalized spacial score (nSPS) is 9.29. The molecule has 0 saturated carbocycles. The van der Waals surface area contributed by atoms with E-state index in [-0.39, 0.29) is 4.32 Å². The van der Waals surface area contributed by atoms with Crippen LogP contribution in [-0.2, 0) is 0 Å². The van der Waals surface area contributed by atoms with Crippen molar-refractivity contribution < 1.29 is 0 Å². The number of nitrogens with two attached hydrogens (primary N) is 1. The number of thiocarbonyl (C=S) groups is 1. The van der Waals surface area contributed by atoms with E-state index in [1.165, 1.54) is 0 Å². The van der Waals surface area contributed by atoms with Gasteiger partial charge in [0.1, 0.15) is 4.32 Å². The van der Waals surface area contributed by atoms with Crippen molar-refractivity contribution in [3.05, 3.63) is 24.3 Å². The highest BCUT2D eigenvalue weighted by molar-refractivity contribution is 8.10. The third-order valence-electron chi connectivity index (χ3n) is 1.38. The van der Waals surface area contributed by atoms with Gasteiger partial charge in [0.25, 0.3) is 0 Å². The molecule has 3 nitrogen and oxygen atoms in total. The van der Waals surface area contributed by atoms with Crippen LogP contribution in [0, 0.1) is 0 Å². The number of aromatic nitrogens is 2. The highest BCUT2D eigenvalue weighted by atomic mass is 32.1. The Labute approximate surface area is 97.9 Å². The number of benzene rings is 1. The maximum Gasteiger partial charge on any atom is 0.163 e. The Morgan fingerprint density at radius 3 is 2.57 bits per heavy atom. The minimum absolute atomic E-state index is 0.194. The molecule has 2 rings (SSSR count). The molecule has 0 aliphatic rings. The zero-order valence-corrected chi connectivity index (χ0v) is 9.74. The minimum Gasteiger partial charge on any atom is -0.385 e. The topological polar surface area (TPSA) is 54.7 Å². The van der Waals surface area contributed by atoms with E-state index in [9.17, 15) is 0 Å². The van der Waals surface area contributed by atoms with E-state index in [0.717, 1.165) is 11.0 Å². The van der Waals surface area contributed by atoms with Gasteiger partial charge < -0.3 is 10.7 Å². The second-order valence-electron chi connectivity index (χ2n) is 2.42. The lowest BCUT2D eigenvalue weighted by Gasteiger charge is -1.81. The van der Waals surface area contributed by atoms with Crippen molar-refractivity contribution in [3.8, 4) is 0 Å². The predicted octanol–water partition coefficient (Wildman–Crippen LogP) is 2.01. The largest absolute Gasteiger partial charge is 0.385 e. The van der Waals surface area contributed by atoms with Gasteiger partial charge in [-0.05, 0) is 12.1 Å². The van der Waals surface area contributed by atoms with Crippen LogP contribution in [0.2, 0.25) is 0 Å². The van der Waals surface area contributed by atoms with E-state index in [1.807, 2.05) is 24.3 Å². The summed E-state index contributed by atoms with van der Waals surface area (Å²) in [6, 6.07) is 7.84. The van der Waals surface area contributed by atoms with Crippen LogP contribution >= 0.6 is 37.5 Å². The van der Waals surface area contributed by atoms with E-state index in [4.69, 9.17) is 5.73 Å². The van der Waals surface area contributed by atoms with Crippen molar-refractivity contribution in [3.63, 3.8) is 0 Å². The van der Waals surface area contributed by atoms with Crippen molar-refractivity contribution in [2.45, 2.75) is 5.16 Å². The first-order chi connectivity index (χ1) is 6.59. The molecule has 0 aliphatic heterocycles. The van der Waals surface area contributed by atoms with Crippen LogP contribution in [0.1, 0.15) is 0 Å². The zero-order valence-electron chi connectivity index (χ0n) is 7.14. The molecule has 0 aliphatic carbocycles. The molecule has 0 spiro atoms. The first-order valence-corrected chi connectivity index (χ1v) is 5.02. The third-order valence-corrected chi connectivity index (χ3v) is 1.59. The molecule has 0 saturated heterocycles. The van der Waals surface area contributed by atoms with Gasteiger partial charge in [0.2, 0.25) is 0 Å². The molecular formula is C8H9N3S3. The van der Waals surface area contributed by atoms with Gasteiger partial charge in [0.15, 0.2) is 5.16 Å². The molecule has 14 heavy (non-hydrogen) atoms. The number of imidazole rings is 1. The highest BCUT2D eigenvalue weighted by Gasteiger charge is 1.94. The van der Waals surface area contributed by atoms with Gasteiger partial charge >= 0.3 is 0 Å². The molecule has 0 radical (unpaired) electrons. The van der Waals surface area contributed by atoms with Crippen molar-refractivity contribution in [2.24, 2.45) is 5.73 Å². The second-order valence-corrected chi connectivity index (χ2v) is 4.06. The molecule has 0 atom stereocenters. The third kappa shape index (κ3) is 3.57. The molecule has 3 N–H and O–H groups in total. The quantitative estimate of drug-likeness (QED) is 0.423. The van der Waals surface area contributed by atoms with Gasteiger partial charge in [0, 0.05) is 0 Å². The van der Waals surface area contributed by atoms with Gasteiger partial charge in [-0.25, -0.2) is 4.98 Å². The molecule has 6 heteroatoms. The molecular weight excluding hydrogens is 234 g/mol. The lowest BCUT2D eigenvalue weighted by molar-refractivity contribution is 1.09. The summed E-state index contributed by atoms with van der Waals surface area (Å²) in [6.45, 7) is 0. The monoisotopic (exact) mass is 243 g/mol. The summed E-state index contributed by atoms with van der Waals surface area (Å²) in [6.07, 6.45) is 0. The average molecular weight is 243 g/mol. The second kappa shape index (κ2) is 5.23. The zero-order chi connectivity index (χ0) is 10.6. The van der Waals surface area contributed by atoms with Crippen LogP contribution in [0.25, 0.3) is 11.0 Å². The molecule has 0 fully saturated rings. The molecule has 1 aromatic heterocycles. The first-order valence-electron chi connectivity index (χ1n) is 3.71. The van der Waals surface area contributed by atoms with E-state index >= 15 is 0 Å². The van der Waals surface area contributed by atoms with Crippen LogP contribution in [0.15, 0.2) is 29.4 Å². The number of H-pyrrole nitrogens is 1. The molecule has 1 aromatic carbocycles. The summed E-state index contributed by atoms with van der Waals surface area (Å²) in [7, 11) is 0. The fourth-order valence-electron chi connectivity index (χ4n) is 0.939. The molecule has 0 unspecified atom stereocenters. The predicted molar refractivity (Wildman–Crippen MR) is 69.1 cm³/mol. The summed E-state index contributed by atoms with van der Waals surface area (Å²) in [4.78, 5) is 7.13. The number of nitrogens with zero attached hydrogens (tertiary/aromatic N) is 1. The standard InChI is InChI=1S/C7H6N2S.CH3NS2/c10-7-8-5-3-1-2-4-6(5)9-7;2-1(3)4/h1-4H,(H2,8,9,10);(H3,2,3,4). The van der Waals surface area contributed by atoms with E-state index in [2.05, 4.69) is 47.4 Å². The van der Waals surface area contributed by atoms with Gasteiger partial charge in [-0.2, -0.15) is 0 Å². The maximum atomic E-state index is 4.71. The smallest absolute Gasteiger partial charge is 0.163 e. The number of fused-ring (bicyclic) bond motifs is 1. The van der Waals surface area contributed by atoms with Crippen molar-refractivity contribution >= 4 is 52.8 Å². The fraction of sp³-hybridized carbons (Fsp3) is 0. The lowest BCUT2D eigenvalue weighted by atomic mass is 10.3. The minimum atomic E-state index is 0.194. The number of thiol groups is 2. The molecule has 0 amide bonds. The Hall–Kier alpha value is -0.720. The Balaban J connectivity index is 0.000000213. The van der Waals surface area contributed by atoms with Crippen molar-refractivity contribution in [1.82, 2.24) is 9.97 Å². The van der Waals surface area contributed by atoms with Crippen molar-refractivity contribution in [2.75, 3.05) is 0 Å². The van der Waals surface area contributed by atoms with Crippen LogP contribution in [-0.4, -0.2) is 14.3 Å². The SMILES string of the molecule is NC(=S)S.Sc1nc2ccccc2[nH]1. The average Bonchev–Trinajstić information content (AvgIpc) is 2.42. The number of hydrogen-bond acceptors (Lipinski definition) is 3. The summed E-state index contributed by atoms with van der Waals surface area (Å²) < 4.78 is 0.194. The van der Waals surface area contributed by atoms with E-state index < -0.39 is 0 Å². The van der Waals surface area contributed by atoms with Crippen molar-refractivity contribution in [1.29, 1.82) is 0 Å². The number of nitrogens with one attached hydrogen (secondary N) is 1. The van der Waals surface area contributed by atoms with Crippen LogP contribution in [0.3, 0.4) is 0 Å². The molecule has 74 valence electrons. The number of rotatable bonds is 0. The lowest BCUT2D eigenvalue weighted by Crippen LogP contribution is -1.94. The highest BCUT2D eigenvalue weighted by Crippen LogP contribution is 2.11. The molecule has 1 heterocycles. The van der Waals surface area contributed by atoms with Crippen LogP contribution in [0.4, 0.5) is 0 Å². The van der Waals surface area contributed by atoms with E-state index in [0.29, 0.717) is 5.16 Å².